The number of para-hydroxylation sites is 1. The molecule has 0 spiro atoms. The van der Waals surface area contributed by atoms with E-state index in [2.05, 4.69) is 0 Å². The lowest BCUT2D eigenvalue weighted by molar-refractivity contribution is -0.123. The van der Waals surface area contributed by atoms with Gasteiger partial charge in [-0.05, 0) is 31.4 Å². The van der Waals surface area contributed by atoms with Crippen molar-refractivity contribution in [1.82, 2.24) is 0 Å². The Balaban J connectivity index is 0.00000242. The van der Waals surface area contributed by atoms with Crippen molar-refractivity contribution >= 4 is 29.9 Å². The van der Waals surface area contributed by atoms with Crippen LogP contribution in [0.4, 0.5) is 5.69 Å². The molecule has 0 aromatic heterocycles. The Labute approximate surface area is 137 Å². The number of carbonyl (C=O) groups is 2. The minimum absolute atomic E-state index is 0. The number of rotatable bonds is 5. The van der Waals surface area contributed by atoms with Gasteiger partial charge in [-0.1, -0.05) is 24.6 Å². The molecule has 0 bridgehead atoms. The highest BCUT2D eigenvalue weighted by Crippen LogP contribution is 2.27. The van der Waals surface area contributed by atoms with Gasteiger partial charge in [-0.2, -0.15) is 0 Å². The van der Waals surface area contributed by atoms with Crippen molar-refractivity contribution in [3.05, 3.63) is 30.3 Å². The number of nitrogens with two attached hydrogens (primary N) is 2. The summed E-state index contributed by atoms with van der Waals surface area (Å²) in [7, 11) is 0. The fourth-order valence-electron chi connectivity index (χ4n) is 2.87. The first-order chi connectivity index (χ1) is 10.1. The number of nitrogens with zero attached hydrogens (tertiary/aromatic N) is 1. The summed E-state index contributed by atoms with van der Waals surface area (Å²) in [6, 6.07) is 9.51. The minimum Gasteiger partial charge on any atom is -0.370 e. The topological polar surface area (TPSA) is 89.4 Å². The van der Waals surface area contributed by atoms with Crippen LogP contribution in [0, 0.1) is 5.92 Å². The third-order valence-electron chi connectivity index (χ3n) is 3.98. The van der Waals surface area contributed by atoms with Gasteiger partial charge in [0.2, 0.25) is 11.8 Å². The summed E-state index contributed by atoms with van der Waals surface area (Å²) in [5.41, 5.74) is 12.0. The maximum atomic E-state index is 12.8. The molecule has 0 aliphatic heterocycles. The molecule has 2 rings (SSSR count). The zero-order valence-corrected chi connectivity index (χ0v) is 13.4. The first kappa shape index (κ1) is 18.5. The lowest BCUT2D eigenvalue weighted by Crippen LogP contribution is -2.42. The number of hydrogen-bond donors (Lipinski definition) is 2. The van der Waals surface area contributed by atoms with E-state index >= 15 is 0 Å². The van der Waals surface area contributed by atoms with Gasteiger partial charge in [-0.15, -0.1) is 12.4 Å². The molecule has 1 fully saturated rings. The Bertz CT molecular complexity index is 495. The maximum absolute atomic E-state index is 12.8. The van der Waals surface area contributed by atoms with Gasteiger partial charge in [-0.25, -0.2) is 0 Å². The highest BCUT2D eigenvalue weighted by atomic mass is 35.5. The van der Waals surface area contributed by atoms with Crippen LogP contribution in [-0.2, 0) is 9.59 Å². The van der Waals surface area contributed by atoms with Crippen LogP contribution in [0.1, 0.15) is 32.1 Å². The number of benzene rings is 1. The molecule has 2 atom stereocenters. The summed E-state index contributed by atoms with van der Waals surface area (Å²) in [4.78, 5) is 25.5. The van der Waals surface area contributed by atoms with Crippen molar-refractivity contribution in [2.45, 2.75) is 38.1 Å². The van der Waals surface area contributed by atoms with Crippen LogP contribution in [-0.4, -0.2) is 24.4 Å². The molecule has 6 heteroatoms. The van der Waals surface area contributed by atoms with Crippen molar-refractivity contribution in [3.8, 4) is 0 Å². The summed E-state index contributed by atoms with van der Waals surface area (Å²) in [5, 5.41) is 0. The molecule has 22 heavy (non-hydrogen) atoms. The van der Waals surface area contributed by atoms with Crippen molar-refractivity contribution in [3.63, 3.8) is 0 Å². The number of hydrogen-bond acceptors (Lipinski definition) is 3. The number of carbonyl (C=O) groups excluding carboxylic acids is 2. The maximum Gasteiger partial charge on any atom is 0.230 e. The lowest BCUT2D eigenvalue weighted by Gasteiger charge is -2.31. The van der Waals surface area contributed by atoms with E-state index in [-0.39, 0.29) is 36.7 Å². The van der Waals surface area contributed by atoms with Gasteiger partial charge in [-0.3, -0.25) is 9.59 Å². The van der Waals surface area contributed by atoms with Gasteiger partial charge >= 0.3 is 0 Å². The van der Waals surface area contributed by atoms with Gasteiger partial charge < -0.3 is 16.4 Å². The largest absolute Gasteiger partial charge is 0.370 e. The number of halogens is 1. The zero-order chi connectivity index (χ0) is 15.2. The number of primary amides is 1. The Kier molecular flexibility index (Phi) is 7.35. The average molecular weight is 326 g/mol. The van der Waals surface area contributed by atoms with Gasteiger partial charge in [0, 0.05) is 30.6 Å². The lowest BCUT2D eigenvalue weighted by atomic mass is 9.85. The van der Waals surface area contributed by atoms with E-state index in [1.807, 2.05) is 30.3 Å². The number of amides is 2. The van der Waals surface area contributed by atoms with Crippen LogP contribution in [0.25, 0.3) is 0 Å². The molecular weight excluding hydrogens is 302 g/mol. The smallest absolute Gasteiger partial charge is 0.230 e. The second-order valence-electron chi connectivity index (χ2n) is 5.67. The van der Waals surface area contributed by atoms with Crippen LogP contribution in [0.5, 0.6) is 0 Å². The van der Waals surface area contributed by atoms with Crippen molar-refractivity contribution in [2.24, 2.45) is 17.4 Å². The molecule has 1 aromatic rings. The summed E-state index contributed by atoms with van der Waals surface area (Å²) in [6.07, 6.45) is 3.72. The quantitative estimate of drug-likeness (QED) is 0.865. The predicted molar refractivity (Wildman–Crippen MR) is 89.8 cm³/mol. The van der Waals surface area contributed by atoms with Gasteiger partial charge in [0.1, 0.15) is 0 Å². The highest BCUT2D eigenvalue weighted by Gasteiger charge is 2.29. The van der Waals surface area contributed by atoms with Crippen LogP contribution >= 0.6 is 12.4 Å². The molecule has 1 aliphatic rings. The Hall–Kier alpha value is -1.59. The molecule has 4 N–H and O–H groups in total. The second kappa shape index (κ2) is 8.76. The third-order valence-corrected chi connectivity index (χ3v) is 3.98. The van der Waals surface area contributed by atoms with Gasteiger partial charge in [0.15, 0.2) is 0 Å². The molecule has 0 radical (unpaired) electrons. The first-order valence-corrected chi connectivity index (χ1v) is 7.48. The van der Waals surface area contributed by atoms with E-state index < -0.39 is 5.91 Å². The SMILES string of the molecule is Cl.NC(=O)CCN(C(=O)C1CCCC(N)C1)c1ccccc1. The van der Waals surface area contributed by atoms with Crippen molar-refractivity contribution in [1.29, 1.82) is 0 Å². The molecule has 1 aromatic carbocycles. The van der Waals surface area contributed by atoms with Crippen LogP contribution in [0.3, 0.4) is 0 Å². The zero-order valence-electron chi connectivity index (χ0n) is 12.6. The van der Waals surface area contributed by atoms with E-state index in [0.29, 0.717) is 6.54 Å². The predicted octanol–water partition coefficient (Wildman–Crippen LogP) is 1.83. The normalized spacial score (nSPS) is 20.8. The first-order valence-electron chi connectivity index (χ1n) is 7.48. The average Bonchev–Trinajstić information content (AvgIpc) is 2.48. The monoisotopic (exact) mass is 325 g/mol. The standard InChI is InChI=1S/C16H23N3O2.ClH/c17-13-6-4-5-12(11-13)16(21)19(10-9-15(18)20)14-7-2-1-3-8-14;/h1-3,7-8,12-13H,4-6,9-11,17H2,(H2,18,20);1H. The molecule has 1 aliphatic carbocycles. The molecular formula is C16H24ClN3O2. The highest BCUT2D eigenvalue weighted by molar-refractivity contribution is 5.95. The fourth-order valence-corrected chi connectivity index (χ4v) is 2.87. The van der Waals surface area contributed by atoms with E-state index in [4.69, 9.17) is 11.5 Å². The van der Waals surface area contributed by atoms with E-state index in [1.54, 1.807) is 4.90 Å². The summed E-state index contributed by atoms with van der Waals surface area (Å²) < 4.78 is 0. The molecule has 2 unspecified atom stereocenters. The van der Waals surface area contributed by atoms with E-state index in [1.165, 1.54) is 0 Å². The van der Waals surface area contributed by atoms with Crippen molar-refractivity contribution in [2.75, 3.05) is 11.4 Å². The van der Waals surface area contributed by atoms with Crippen molar-refractivity contribution < 1.29 is 9.59 Å². The Morgan fingerprint density at radius 1 is 1.18 bits per heavy atom. The van der Waals surface area contributed by atoms with Crippen LogP contribution in [0.15, 0.2) is 30.3 Å². The van der Waals surface area contributed by atoms with E-state index in [0.717, 1.165) is 31.4 Å². The second-order valence-corrected chi connectivity index (χ2v) is 5.67. The summed E-state index contributed by atoms with van der Waals surface area (Å²) >= 11 is 0. The molecule has 1 saturated carbocycles. The van der Waals surface area contributed by atoms with Crippen LogP contribution in [0.2, 0.25) is 0 Å². The number of anilines is 1. The molecule has 0 heterocycles. The fraction of sp³-hybridized carbons (Fsp3) is 0.500. The van der Waals surface area contributed by atoms with Gasteiger partial charge in [0.05, 0.1) is 0 Å². The van der Waals surface area contributed by atoms with Crippen LogP contribution < -0.4 is 16.4 Å². The minimum atomic E-state index is -0.399. The van der Waals surface area contributed by atoms with Gasteiger partial charge in [0.25, 0.3) is 0 Å². The third kappa shape index (κ3) is 5.00. The molecule has 122 valence electrons. The Morgan fingerprint density at radius 2 is 1.86 bits per heavy atom. The molecule has 5 nitrogen and oxygen atoms in total. The molecule has 0 saturated heterocycles. The molecule has 2 amide bonds. The van der Waals surface area contributed by atoms with E-state index in [9.17, 15) is 9.59 Å². The summed E-state index contributed by atoms with van der Waals surface area (Å²) in [6.45, 7) is 0.323. The Morgan fingerprint density at radius 3 is 2.45 bits per heavy atom. The summed E-state index contributed by atoms with van der Waals surface area (Å²) in [5.74, 6) is -0.400.